The normalized spacial score (nSPS) is 16.1. The van der Waals surface area contributed by atoms with Gasteiger partial charge in [0.2, 0.25) is 0 Å². The van der Waals surface area contributed by atoms with E-state index in [-0.39, 0.29) is 6.03 Å². The molecule has 1 N–H and O–H groups in total. The molecule has 1 aliphatic rings. The first-order valence-corrected chi connectivity index (χ1v) is 7.16. The molecule has 0 aromatic heterocycles. The van der Waals surface area contributed by atoms with Crippen molar-refractivity contribution in [3.05, 3.63) is 24.3 Å². The van der Waals surface area contributed by atoms with Gasteiger partial charge in [0.25, 0.3) is 0 Å². The quantitative estimate of drug-likeness (QED) is 0.917. The van der Waals surface area contributed by atoms with Crippen LogP contribution in [0, 0.1) is 0 Å². The number of nitrogens with one attached hydrogen (secondary N) is 1. The third-order valence-electron chi connectivity index (χ3n) is 3.74. The fourth-order valence-electron chi connectivity index (χ4n) is 2.31. The van der Waals surface area contributed by atoms with Gasteiger partial charge >= 0.3 is 6.03 Å². The van der Waals surface area contributed by atoms with Crippen molar-refractivity contribution in [1.29, 1.82) is 0 Å². The Morgan fingerprint density at radius 2 is 1.75 bits per heavy atom. The third-order valence-corrected chi connectivity index (χ3v) is 3.74. The Hall–Kier alpha value is -1.75. The molecule has 1 aromatic carbocycles. The zero-order valence-corrected chi connectivity index (χ0v) is 12.6. The largest absolute Gasteiger partial charge is 0.378 e. The lowest BCUT2D eigenvalue weighted by Gasteiger charge is -2.34. The number of hydrogen-bond acceptors (Lipinski definition) is 3. The van der Waals surface area contributed by atoms with E-state index in [4.69, 9.17) is 0 Å². The fourth-order valence-corrected chi connectivity index (χ4v) is 2.31. The number of anilines is 2. The highest BCUT2D eigenvalue weighted by Gasteiger charge is 2.19. The van der Waals surface area contributed by atoms with E-state index in [1.807, 2.05) is 48.2 Å². The summed E-state index contributed by atoms with van der Waals surface area (Å²) in [6.45, 7) is 6.74. The molecule has 0 radical (unpaired) electrons. The van der Waals surface area contributed by atoms with Crippen molar-refractivity contribution in [2.75, 3.05) is 57.0 Å². The number of benzene rings is 1. The molecule has 2 rings (SSSR count). The number of likely N-dealkylation sites (N-methyl/N-ethyl adjacent to an activating group) is 1. The molecule has 0 atom stereocenters. The van der Waals surface area contributed by atoms with Crippen LogP contribution in [0.3, 0.4) is 0 Å². The maximum absolute atomic E-state index is 12.2. The second kappa shape index (κ2) is 6.61. The van der Waals surface area contributed by atoms with Crippen molar-refractivity contribution >= 4 is 17.4 Å². The van der Waals surface area contributed by atoms with Crippen LogP contribution in [-0.2, 0) is 0 Å². The maximum atomic E-state index is 12.2. The first-order chi connectivity index (χ1) is 9.60. The molecule has 20 heavy (non-hydrogen) atoms. The van der Waals surface area contributed by atoms with E-state index in [9.17, 15) is 4.79 Å². The minimum atomic E-state index is -0.00152. The fraction of sp³-hybridized carbons (Fsp3) is 0.533. The van der Waals surface area contributed by atoms with Crippen molar-refractivity contribution in [2.45, 2.75) is 6.92 Å². The van der Waals surface area contributed by atoms with Crippen LogP contribution < -0.4 is 10.2 Å². The Kier molecular flexibility index (Phi) is 4.84. The molecule has 5 nitrogen and oxygen atoms in total. The van der Waals surface area contributed by atoms with Gasteiger partial charge in [-0.05, 0) is 30.8 Å². The molecule has 1 saturated heterocycles. The highest BCUT2D eigenvalue weighted by molar-refractivity contribution is 5.89. The Balaban J connectivity index is 1.88. The number of urea groups is 1. The summed E-state index contributed by atoms with van der Waals surface area (Å²) in [6.07, 6.45) is 0. The summed E-state index contributed by atoms with van der Waals surface area (Å²) in [7, 11) is 4.00. The molecular weight excluding hydrogens is 252 g/mol. The van der Waals surface area contributed by atoms with Crippen LogP contribution in [0.1, 0.15) is 6.92 Å². The van der Waals surface area contributed by atoms with E-state index in [1.54, 1.807) is 0 Å². The number of carbonyl (C=O) groups excluding carboxylic acids is 1. The average molecular weight is 276 g/mol. The summed E-state index contributed by atoms with van der Waals surface area (Å²) in [5, 5.41) is 2.96. The van der Waals surface area contributed by atoms with E-state index in [0.717, 1.165) is 44.1 Å². The Labute approximate surface area is 121 Å². The van der Waals surface area contributed by atoms with Crippen LogP contribution in [0.15, 0.2) is 24.3 Å². The predicted octanol–water partition coefficient (Wildman–Crippen LogP) is 1.92. The smallest absolute Gasteiger partial charge is 0.321 e. The maximum Gasteiger partial charge on any atom is 0.321 e. The lowest BCUT2D eigenvalue weighted by molar-refractivity contribution is 0.151. The Morgan fingerprint density at radius 3 is 2.25 bits per heavy atom. The number of hydrogen-bond donors (Lipinski definition) is 1. The zero-order valence-electron chi connectivity index (χ0n) is 12.6. The van der Waals surface area contributed by atoms with Gasteiger partial charge in [-0.1, -0.05) is 6.92 Å². The van der Waals surface area contributed by atoms with Crippen molar-refractivity contribution in [3.63, 3.8) is 0 Å². The molecule has 0 saturated carbocycles. The lowest BCUT2D eigenvalue weighted by atomic mass is 10.2. The number of piperazine rings is 1. The zero-order chi connectivity index (χ0) is 14.5. The van der Waals surface area contributed by atoms with Crippen LogP contribution in [0.4, 0.5) is 16.2 Å². The molecule has 2 amide bonds. The first kappa shape index (κ1) is 14.7. The highest BCUT2D eigenvalue weighted by atomic mass is 16.2. The predicted molar refractivity (Wildman–Crippen MR) is 83.5 cm³/mol. The van der Waals surface area contributed by atoms with Gasteiger partial charge in [-0.2, -0.15) is 0 Å². The molecule has 1 aliphatic heterocycles. The SMILES string of the molecule is CCN1CCN(C(=O)Nc2ccc(N(C)C)cc2)CC1. The first-order valence-electron chi connectivity index (χ1n) is 7.16. The highest BCUT2D eigenvalue weighted by Crippen LogP contribution is 2.16. The number of amides is 2. The van der Waals surface area contributed by atoms with Gasteiger partial charge in [-0.15, -0.1) is 0 Å². The van der Waals surface area contributed by atoms with E-state index < -0.39 is 0 Å². The number of nitrogens with zero attached hydrogens (tertiary/aromatic N) is 3. The molecular formula is C15H24N4O. The summed E-state index contributed by atoms with van der Waals surface area (Å²) in [4.78, 5) is 18.4. The van der Waals surface area contributed by atoms with Crippen LogP contribution in [-0.4, -0.2) is 62.7 Å². The van der Waals surface area contributed by atoms with Gasteiger partial charge in [-0.25, -0.2) is 4.79 Å². The Bertz CT molecular complexity index is 436. The van der Waals surface area contributed by atoms with Crippen molar-refractivity contribution in [1.82, 2.24) is 9.80 Å². The van der Waals surface area contributed by atoms with Gasteiger partial charge in [0, 0.05) is 51.6 Å². The number of rotatable bonds is 3. The van der Waals surface area contributed by atoms with E-state index in [0.29, 0.717) is 0 Å². The topological polar surface area (TPSA) is 38.8 Å². The molecule has 0 unspecified atom stereocenters. The van der Waals surface area contributed by atoms with Crippen LogP contribution >= 0.6 is 0 Å². The lowest BCUT2D eigenvalue weighted by Crippen LogP contribution is -2.49. The minimum absolute atomic E-state index is 0.00152. The standard InChI is InChI=1S/C15H24N4O/c1-4-18-9-11-19(12-10-18)15(20)16-13-5-7-14(8-6-13)17(2)3/h5-8H,4,9-12H2,1-3H3,(H,16,20). The summed E-state index contributed by atoms with van der Waals surface area (Å²) >= 11 is 0. The van der Waals surface area contributed by atoms with Crippen LogP contribution in [0.5, 0.6) is 0 Å². The molecule has 0 bridgehead atoms. The van der Waals surface area contributed by atoms with Crippen molar-refractivity contribution in [3.8, 4) is 0 Å². The van der Waals surface area contributed by atoms with Gasteiger partial charge in [0.15, 0.2) is 0 Å². The van der Waals surface area contributed by atoms with Crippen molar-refractivity contribution < 1.29 is 4.79 Å². The second-order valence-electron chi connectivity index (χ2n) is 5.29. The van der Waals surface area contributed by atoms with Gasteiger partial charge in [0.05, 0.1) is 0 Å². The summed E-state index contributed by atoms with van der Waals surface area (Å²) in [5.41, 5.74) is 1.97. The molecule has 1 aromatic rings. The van der Waals surface area contributed by atoms with E-state index in [1.165, 1.54) is 0 Å². The summed E-state index contributed by atoms with van der Waals surface area (Å²) in [5.74, 6) is 0. The summed E-state index contributed by atoms with van der Waals surface area (Å²) < 4.78 is 0. The molecule has 1 heterocycles. The van der Waals surface area contributed by atoms with Gasteiger partial charge in [0.1, 0.15) is 0 Å². The van der Waals surface area contributed by atoms with Gasteiger partial charge < -0.3 is 20.0 Å². The third kappa shape index (κ3) is 3.63. The molecule has 0 aliphatic carbocycles. The minimum Gasteiger partial charge on any atom is -0.378 e. The van der Waals surface area contributed by atoms with Crippen LogP contribution in [0.2, 0.25) is 0 Å². The van der Waals surface area contributed by atoms with Crippen molar-refractivity contribution in [2.24, 2.45) is 0 Å². The molecule has 110 valence electrons. The molecule has 5 heteroatoms. The monoisotopic (exact) mass is 276 g/mol. The van der Waals surface area contributed by atoms with E-state index >= 15 is 0 Å². The summed E-state index contributed by atoms with van der Waals surface area (Å²) in [6, 6.07) is 7.89. The molecule has 1 fully saturated rings. The van der Waals surface area contributed by atoms with Crippen LogP contribution in [0.25, 0.3) is 0 Å². The second-order valence-corrected chi connectivity index (χ2v) is 5.29. The molecule has 0 spiro atoms. The van der Waals surface area contributed by atoms with E-state index in [2.05, 4.69) is 17.1 Å². The number of carbonyl (C=O) groups is 1. The Morgan fingerprint density at radius 1 is 1.15 bits per heavy atom. The van der Waals surface area contributed by atoms with Gasteiger partial charge in [-0.3, -0.25) is 0 Å². The average Bonchev–Trinajstić information content (AvgIpc) is 2.48.